The van der Waals surface area contributed by atoms with Gasteiger partial charge in [-0.2, -0.15) is 5.10 Å². The van der Waals surface area contributed by atoms with E-state index in [1.807, 2.05) is 18.7 Å². The minimum atomic E-state index is 0.383. The molecule has 0 aromatic carbocycles. The van der Waals surface area contributed by atoms with Gasteiger partial charge in [0.25, 0.3) is 0 Å². The number of halogens is 1. The third-order valence-corrected chi connectivity index (χ3v) is 6.74. The molecule has 3 fully saturated rings. The van der Waals surface area contributed by atoms with Crippen LogP contribution < -0.4 is 0 Å². The zero-order valence-corrected chi connectivity index (χ0v) is 13.0. The van der Waals surface area contributed by atoms with Crippen LogP contribution >= 0.6 is 15.9 Å². The van der Waals surface area contributed by atoms with Gasteiger partial charge in [0.2, 0.25) is 0 Å². The van der Waals surface area contributed by atoms with Crippen molar-refractivity contribution in [3.05, 3.63) is 15.9 Å². The normalized spacial score (nSPS) is 38.6. The van der Waals surface area contributed by atoms with Crippen LogP contribution in [-0.2, 0) is 18.3 Å². The lowest BCUT2D eigenvalue weighted by Crippen LogP contribution is -2.14. The lowest BCUT2D eigenvalue weighted by Gasteiger charge is -2.08. The molecule has 4 heteroatoms. The van der Waals surface area contributed by atoms with E-state index in [1.54, 1.807) is 0 Å². The first kappa shape index (κ1) is 12.1. The molecule has 1 heterocycles. The summed E-state index contributed by atoms with van der Waals surface area (Å²) in [5.41, 5.74) is 2.01. The number of carbonyl (C=O) groups is 1. The molecule has 102 valence electrons. The molecular weight excluding hydrogens is 304 g/mol. The third-order valence-electron chi connectivity index (χ3n) is 5.71. The quantitative estimate of drug-likeness (QED) is 0.857. The van der Waals surface area contributed by atoms with Crippen LogP contribution in [0.4, 0.5) is 0 Å². The zero-order chi connectivity index (χ0) is 13.3. The third kappa shape index (κ3) is 1.61. The summed E-state index contributed by atoms with van der Waals surface area (Å²) in [4.78, 5) is 12.6. The first-order valence-corrected chi connectivity index (χ1v) is 8.08. The van der Waals surface area contributed by atoms with Gasteiger partial charge in [-0.05, 0) is 65.8 Å². The van der Waals surface area contributed by atoms with Crippen LogP contribution in [0.25, 0.3) is 0 Å². The average molecular weight is 323 g/mol. The van der Waals surface area contributed by atoms with Crippen LogP contribution in [0.3, 0.4) is 0 Å². The number of aryl methyl sites for hydroxylation is 2. The summed E-state index contributed by atoms with van der Waals surface area (Å²) < 4.78 is 2.86. The molecule has 0 saturated heterocycles. The molecule has 0 amide bonds. The number of nitrogens with zero attached hydrogens (tertiary/aromatic N) is 2. The van der Waals surface area contributed by atoms with Gasteiger partial charge in [-0.25, -0.2) is 0 Å². The molecule has 3 aliphatic carbocycles. The molecule has 1 aromatic heterocycles. The van der Waals surface area contributed by atoms with E-state index in [0.717, 1.165) is 39.5 Å². The van der Waals surface area contributed by atoms with Crippen LogP contribution in [0.15, 0.2) is 4.47 Å². The summed E-state index contributed by atoms with van der Waals surface area (Å²) >= 11 is 3.56. The molecule has 3 saturated carbocycles. The predicted octanol–water partition coefficient (Wildman–Crippen LogP) is 2.89. The number of fused-ring (bicyclic) bond motifs is 5. The Morgan fingerprint density at radius 1 is 1.37 bits per heavy atom. The van der Waals surface area contributed by atoms with Gasteiger partial charge in [0, 0.05) is 19.4 Å². The Balaban J connectivity index is 1.51. The first-order valence-electron chi connectivity index (χ1n) is 7.28. The second kappa shape index (κ2) is 3.94. The summed E-state index contributed by atoms with van der Waals surface area (Å²) in [6.07, 6.45) is 4.72. The Kier molecular flexibility index (Phi) is 2.51. The van der Waals surface area contributed by atoms with E-state index < -0.39 is 0 Å². The van der Waals surface area contributed by atoms with Gasteiger partial charge in [-0.15, -0.1) is 0 Å². The van der Waals surface area contributed by atoms with Gasteiger partial charge in [-0.1, -0.05) is 0 Å². The van der Waals surface area contributed by atoms with Crippen LogP contribution in [0.2, 0.25) is 0 Å². The fourth-order valence-electron chi connectivity index (χ4n) is 4.91. The SMILES string of the molecule is Cc1nn(C)c(CC(=O)C2C3C4CCC(C4)C23)c1Br. The molecule has 2 bridgehead atoms. The van der Waals surface area contributed by atoms with Crippen molar-refractivity contribution >= 4 is 21.7 Å². The summed E-state index contributed by atoms with van der Waals surface area (Å²) in [5, 5.41) is 4.38. The van der Waals surface area contributed by atoms with Crippen molar-refractivity contribution in [2.45, 2.75) is 32.6 Å². The van der Waals surface area contributed by atoms with Crippen molar-refractivity contribution in [1.29, 1.82) is 0 Å². The summed E-state index contributed by atoms with van der Waals surface area (Å²) in [7, 11) is 1.93. The molecule has 3 aliphatic rings. The lowest BCUT2D eigenvalue weighted by atomic mass is 9.98. The van der Waals surface area contributed by atoms with Crippen molar-refractivity contribution in [2.75, 3.05) is 0 Å². The molecule has 4 atom stereocenters. The second-order valence-corrected chi connectivity index (χ2v) is 7.42. The summed E-state index contributed by atoms with van der Waals surface area (Å²) in [6, 6.07) is 0. The standard InChI is InChI=1S/C15H19BrN2O/c1-7-15(16)10(18(2)17-7)6-11(19)14-12-8-3-4-9(5-8)13(12)14/h8-9,12-14H,3-6H2,1-2H3. The largest absolute Gasteiger partial charge is 0.299 e. The van der Waals surface area contributed by atoms with E-state index in [0.29, 0.717) is 18.1 Å². The minimum Gasteiger partial charge on any atom is -0.299 e. The van der Waals surface area contributed by atoms with Crippen molar-refractivity contribution in [3.63, 3.8) is 0 Å². The molecule has 1 aromatic rings. The number of aromatic nitrogens is 2. The van der Waals surface area contributed by atoms with E-state index in [2.05, 4.69) is 21.0 Å². The maximum atomic E-state index is 12.6. The molecule has 4 unspecified atom stereocenters. The Morgan fingerprint density at radius 3 is 2.53 bits per heavy atom. The van der Waals surface area contributed by atoms with Crippen LogP contribution in [0.1, 0.15) is 30.7 Å². The van der Waals surface area contributed by atoms with Gasteiger partial charge in [0.15, 0.2) is 0 Å². The highest BCUT2D eigenvalue weighted by molar-refractivity contribution is 9.10. The summed E-state index contributed by atoms with van der Waals surface area (Å²) in [5.74, 6) is 4.09. The monoisotopic (exact) mass is 322 g/mol. The van der Waals surface area contributed by atoms with E-state index in [-0.39, 0.29) is 0 Å². The highest BCUT2D eigenvalue weighted by Crippen LogP contribution is 2.69. The van der Waals surface area contributed by atoms with Crippen LogP contribution in [0.5, 0.6) is 0 Å². The topological polar surface area (TPSA) is 34.9 Å². The molecule has 0 aliphatic heterocycles. The molecule has 4 rings (SSSR count). The molecular formula is C15H19BrN2O. The molecule has 0 radical (unpaired) electrons. The number of rotatable bonds is 3. The Hall–Kier alpha value is -0.640. The maximum Gasteiger partial charge on any atom is 0.142 e. The Bertz CT molecular complexity index is 549. The molecule has 0 spiro atoms. The van der Waals surface area contributed by atoms with E-state index >= 15 is 0 Å². The van der Waals surface area contributed by atoms with Gasteiger partial charge in [0.1, 0.15) is 5.78 Å². The van der Waals surface area contributed by atoms with Gasteiger partial charge in [-0.3, -0.25) is 9.48 Å². The highest BCUT2D eigenvalue weighted by atomic mass is 79.9. The zero-order valence-electron chi connectivity index (χ0n) is 11.4. The highest BCUT2D eigenvalue weighted by Gasteiger charge is 2.66. The van der Waals surface area contributed by atoms with Gasteiger partial charge < -0.3 is 0 Å². The van der Waals surface area contributed by atoms with Gasteiger partial charge in [0.05, 0.1) is 15.9 Å². The smallest absolute Gasteiger partial charge is 0.142 e. The summed E-state index contributed by atoms with van der Waals surface area (Å²) in [6.45, 7) is 1.98. The van der Waals surface area contributed by atoms with Crippen LogP contribution in [-0.4, -0.2) is 15.6 Å². The maximum absolute atomic E-state index is 12.6. The lowest BCUT2D eigenvalue weighted by molar-refractivity contribution is -0.120. The number of ketones is 1. The Morgan fingerprint density at radius 2 is 2.00 bits per heavy atom. The minimum absolute atomic E-state index is 0.383. The predicted molar refractivity (Wildman–Crippen MR) is 75.7 cm³/mol. The molecule has 3 nitrogen and oxygen atoms in total. The number of hydrogen-bond donors (Lipinski definition) is 0. The van der Waals surface area contributed by atoms with Crippen molar-refractivity contribution < 1.29 is 4.79 Å². The van der Waals surface area contributed by atoms with Crippen molar-refractivity contribution in [1.82, 2.24) is 9.78 Å². The van der Waals surface area contributed by atoms with Crippen molar-refractivity contribution in [2.24, 2.45) is 36.6 Å². The van der Waals surface area contributed by atoms with Crippen LogP contribution in [0, 0.1) is 36.5 Å². The first-order chi connectivity index (χ1) is 9.08. The second-order valence-electron chi connectivity index (χ2n) is 6.63. The van der Waals surface area contributed by atoms with E-state index in [1.165, 1.54) is 19.3 Å². The molecule has 19 heavy (non-hydrogen) atoms. The van der Waals surface area contributed by atoms with E-state index in [9.17, 15) is 4.79 Å². The number of Topliss-reactive ketones (excluding diaryl/α,β-unsaturated/α-hetero) is 1. The fourth-order valence-corrected chi connectivity index (χ4v) is 5.39. The number of carbonyl (C=O) groups excluding carboxylic acids is 1. The number of hydrogen-bond acceptors (Lipinski definition) is 2. The van der Waals surface area contributed by atoms with Crippen molar-refractivity contribution in [3.8, 4) is 0 Å². The fraction of sp³-hybridized carbons (Fsp3) is 0.733. The Labute approximate surface area is 121 Å². The van der Waals surface area contributed by atoms with Gasteiger partial charge >= 0.3 is 0 Å². The molecule has 0 N–H and O–H groups in total. The van der Waals surface area contributed by atoms with E-state index in [4.69, 9.17) is 0 Å². The average Bonchev–Trinajstić information content (AvgIpc) is 2.70.